The molecule has 1 aromatic carbocycles. The van der Waals surface area contributed by atoms with Gasteiger partial charge in [0.1, 0.15) is 29.7 Å². The van der Waals surface area contributed by atoms with E-state index < -0.39 is 0 Å². The second-order valence-corrected chi connectivity index (χ2v) is 9.83. The first kappa shape index (κ1) is 24.6. The van der Waals surface area contributed by atoms with Gasteiger partial charge in [0.05, 0.1) is 40.7 Å². The van der Waals surface area contributed by atoms with Crippen LogP contribution in [0.1, 0.15) is 22.6 Å². The van der Waals surface area contributed by atoms with Gasteiger partial charge in [-0.15, -0.1) is 5.73 Å². The fourth-order valence-electron chi connectivity index (χ4n) is 4.69. The minimum Gasteiger partial charge on any atom is -0.492 e. The number of aromatic amines is 2. The Labute approximate surface area is 225 Å². The summed E-state index contributed by atoms with van der Waals surface area (Å²) < 4.78 is 22.5. The van der Waals surface area contributed by atoms with Crippen molar-refractivity contribution in [1.29, 1.82) is 0 Å². The second-order valence-electron chi connectivity index (χ2n) is 9.83. The Morgan fingerprint density at radius 2 is 1.97 bits per heavy atom. The normalized spacial score (nSPS) is 12.7. The van der Waals surface area contributed by atoms with Gasteiger partial charge in [-0.25, -0.2) is 9.37 Å². The molecule has 0 atom stereocenters. The number of nitrogens with one attached hydrogen (secondary N) is 2. The van der Waals surface area contributed by atoms with Crippen LogP contribution in [0.3, 0.4) is 0 Å². The van der Waals surface area contributed by atoms with Gasteiger partial charge >= 0.3 is 0 Å². The average Bonchev–Trinajstić information content (AvgIpc) is 3.57. The minimum absolute atomic E-state index is 0.351. The third kappa shape index (κ3) is 4.69. The highest BCUT2D eigenvalue weighted by molar-refractivity contribution is 5.96. The Balaban J connectivity index is 1.39. The standard InChI is InChI=1S/C30H28FN7O/c1-18-32-17-29(38(18)4)26-15-24-28(16-33-26)35-36-30(24)27-14-23-22(7-5-6-8-25(23)34-27)19-11-20(31)13-21(12-19)39-10-9-37(2)3/h5,7-8,11-17,34H,9-10H2,1-4H3,(H,35,36). The number of aryl methyl sites for hydroxylation is 1. The number of likely N-dealkylation sites (N-methyl/N-ethyl adjacent to an activating group) is 1. The smallest absolute Gasteiger partial charge is 0.127 e. The number of benzene rings is 1. The van der Waals surface area contributed by atoms with Crippen molar-refractivity contribution in [3.05, 3.63) is 89.1 Å². The third-order valence-electron chi connectivity index (χ3n) is 6.89. The van der Waals surface area contributed by atoms with Crippen LogP contribution in [0.2, 0.25) is 0 Å². The first-order valence-electron chi connectivity index (χ1n) is 12.6. The summed E-state index contributed by atoms with van der Waals surface area (Å²) in [5.74, 6) is 1.06. The Kier molecular flexibility index (Phi) is 6.23. The number of imidazole rings is 1. The summed E-state index contributed by atoms with van der Waals surface area (Å²) in [5.41, 5.74) is 10.7. The number of pyridine rings is 1. The van der Waals surface area contributed by atoms with Gasteiger partial charge in [-0.1, -0.05) is 0 Å². The summed E-state index contributed by atoms with van der Waals surface area (Å²) in [4.78, 5) is 14.5. The first-order valence-corrected chi connectivity index (χ1v) is 12.6. The van der Waals surface area contributed by atoms with Gasteiger partial charge in [-0.05, 0) is 68.6 Å². The molecule has 1 aliphatic carbocycles. The van der Waals surface area contributed by atoms with Crippen LogP contribution >= 0.6 is 0 Å². The van der Waals surface area contributed by atoms with E-state index in [1.165, 1.54) is 12.1 Å². The van der Waals surface area contributed by atoms with Gasteiger partial charge < -0.3 is 19.2 Å². The first-order chi connectivity index (χ1) is 18.9. The van der Waals surface area contributed by atoms with Crippen LogP contribution in [0.5, 0.6) is 5.75 Å². The lowest BCUT2D eigenvalue weighted by Gasteiger charge is -2.13. The quantitative estimate of drug-likeness (QED) is 0.282. The SMILES string of the molecule is Cc1ncc(-c2cc3c(-c4cc5c([nH]4)C=C=CC=C5c4cc(F)cc(OCCN(C)C)c4)n[nH]c3cn2)n1C. The van der Waals surface area contributed by atoms with Gasteiger partial charge in [-0.2, -0.15) is 5.10 Å². The summed E-state index contributed by atoms with van der Waals surface area (Å²) in [6.45, 7) is 3.17. The molecule has 0 bridgehead atoms. The van der Waals surface area contributed by atoms with E-state index in [9.17, 15) is 4.39 Å². The zero-order chi connectivity index (χ0) is 27.1. The monoisotopic (exact) mass is 521 g/mol. The molecule has 0 spiro atoms. The number of halogens is 1. The number of H-pyrrole nitrogens is 2. The van der Waals surface area contributed by atoms with E-state index in [0.717, 1.165) is 68.4 Å². The van der Waals surface area contributed by atoms with Crippen molar-refractivity contribution in [3.8, 4) is 28.5 Å². The van der Waals surface area contributed by atoms with Gasteiger partial charge in [0, 0.05) is 36.7 Å². The molecule has 8 nitrogen and oxygen atoms in total. The zero-order valence-electron chi connectivity index (χ0n) is 22.2. The van der Waals surface area contributed by atoms with Crippen LogP contribution < -0.4 is 4.74 Å². The van der Waals surface area contributed by atoms with Gasteiger partial charge in [0.25, 0.3) is 0 Å². The summed E-state index contributed by atoms with van der Waals surface area (Å²) >= 11 is 0. The number of ether oxygens (including phenoxy) is 1. The molecule has 0 saturated carbocycles. The predicted octanol–water partition coefficient (Wildman–Crippen LogP) is 5.36. The summed E-state index contributed by atoms with van der Waals surface area (Å²) in [5, 5.41) is 8.63. The van der Waals surface area contributed by atoms with E-state index in [-0.39, 0.29) is 5.82 Å². The number of hydrogen-bond acceptors (Lipinski definition) is 5. The molecule has 4 heterocycles. The van der Waals surface area contributed by atoms with E-state index >= 15 is 0 Å². The molecule has 0 radical (unpaired) electrons. The Bertz CT molecular complexity index is 1800. The van der Waals surface area contributed by atoms with Crippen LogP contribution in [0.25, 0.3) is 45.3 Å². The van der Waals surface area contributed by atoms with Crippen molar-refractivity contribution in [2.75, 3.05) is 27.2 Å². The molecule has 0 saturated heterocycles. The topological polar surface area (TPSA) is 87.7 Å². The number of aromatic nitrogens is 6. The Hall–Kier alpha value is -4.72. The zero-order valence-corrected chi connectivity index (χ0v) is 22.2. The van der Waals surface area contributed by atoms with E-state index in [1.807, 2.05) is 80.2 Å². The van der Waals surface area contributed by atoms with Gasteiger partial charge in [0.2, 0.25) is 0 Å². The molecule has 0 amide bonds. The summed E-state index contributed by atoms with van der Waals surface area (Å²) in [6.07, 6.45) is 9.27. The Morgan fingerprint density at radius 3 is 2.77 bits per heavy atom. The fourth-order valence-corrected chi connectivity index (χ4v) is 4.69. The molecular formula is C30H28FN7O. The molecule has 4 aromatic heterocycles. The molecule has 6 rings (SSSR count). The Morgan fingerprint density at radius 1 is 1.10 bits per heavy atom. The van der Waals surface area contributed by atoms with Crippen molar-refractivity contribution in [3.63, 3.8) is 0 Å². The molecule has 196 valence electrons. The van der Waals surface area contributed by atoms with Crippen molar-refractivity contribution in [2.45, 2.75) is 6.92 Å². The molecule has 2 N–H and O–H groups in total. The molecule has 1 aliphatic rings. The maximum absolute atomic E-state index is 14.7. The minimum atomic E-state index is -0.351. The van der Waals surface area contributed by atoms with E-state index in [4.69, 9.17) is 4.74 Å². The van der Waals surface area contributed by atoms with Gasteiger partial charge in [0.15, 0.2) is 0 Å². The third-order valence-corrected chi connectivity index (χ3v) is 6.89. The molecule has 0 fully saturated rings. The average molecular weight is 522 g/mol. The highest BCUT2D eigenvalue weighted by atomic mass is 19.1. The van der Waals surface area contributed by atoms with Crippen LogP contribution in [-0.4, -0.2) is 61.9 Å². The van der Waals surface area contributed by atoms with Crippen LogP contribution in [-0.2, 0) is 7.05 Å². The van der Waals surface area contributed by atoms with Crippen molar-refractivity contribution < 1.29 is 9.13 Å². The highest BCUT2D eigenvalue weighted by Gasteiger charge is 2.19. The maximum atomic E-state index is 14.7. The van der Waals surface area contributed by atoms with Crippen LogP contribution in [0.4, 0.5) is 4.39 Å². The molecule has 0 unspecified atom stereocenters. The number of nitrogens with zero attached hydrogens (tertiary/aromatic N) is 5. The second kappa shape index (κ2) is 9.87. The molecule has 9 heteroatoms. The summed E-state index contributed by atoms with van der Waals surface area (Å²) in [7, 11) is 5.92. The largest absolute Gasteiger partial charge is 0.492 e. The van der Waals surface area contributed by atoms with E-state index in [2.05, 4.69) is 30.9 Å². The lowest BCUT2D eigenvalue weighted by atomic mass is 9.97. The molecular weight excluding hydrogens is 493 g/mol. The fraction of sp³-hybridized carbons (Fsp3) is 0.200. The molecule has 39 heavy (non-hydrogen) atoms. The maximum Gasteiger partial charge on any atom is 0.127 e. The number of fused-ring (bicyclic) bond motifs is 2. The number of hydrogen-bond donors (Lipinski definition) is 2. The van der Waals surface area contributed by atoms with Crippen molar-refractivity contribution in [1.82, 2.24) is 34.6 Å². The van der Waals surface area contributed by atoms with E-state index in [0.29, 0.717) is 12.4 Å². The molecule has 0 aliphatic heterocycles. The summed E-state index contributed by atoms with van der Waals surface area (Å²) in [6, 6.07) is 8.88. The van der Waals surface area contributed by atoms with Crippen LogP contribution in [0, 0.1) is 12.7 Å². The predicted molar refractivity (Wildman–Crippen MR) is 151 cm³/mol. The lowest BCUT2D eigenvalue weighted by Crippen LogP contribution is -2.19. The van der Waals surface area contributed by atoms with Crippen molar-refractivity contribution >= 4 is 22.6 Å². The van der Waals surface area contributed by atoms with Crippen LogP contribution in [0.15, 0.2) is 60.6 Å². The number of rotatable bonds is 7. The lowest BCUT2D eigenvalue weighted by molar-refractivity contribution is 0.260. The molecule has 5 aromatic rings. The van der Waals surface area contributed by atoms with Gasteiger partial charge in [-0.3, -0.25) is 10.1 Å². The van der Waals surface area contributed by atoms with E-state index in [1.54, 1.807) is 6.20 Å². The highest BCUT2D eigenvalue weighted by Crippen LogP contribution is 2.36. The van der Waals surface area contributed by atoms with Crippen molar-refractivity contribution in [2.24, 2.45) is 7.05 Å². The number of allylic oxidation sites excluding steroid dienone is 2.